The van der Waals surface area contributed by atoms with E-state index in [1.807, 2.05) is 32.0 Å². The molecule has 2 aromatic rings. The SMILES string of the molecule is COc1cc(C)ccc1CNC(=O)NCC(C)(O)c1cc(C)oc1C. The summed E-state index contributed by atoms with van der Waals surface area (Å²) < 4.78 is 10.8. The van der Waals surface area contributed by atoms with Gasteiger partial charge in [0.1, 0.15) is 22.9 Å². The second kappa shape index (κ2) is 7.61. The Bertz CT molecular complexity index is 750. The van der Waals surface area contributed by atoms with Gasteiger partial charge in [-0.2, -0.15) is 0 Å². The molecule has 3 N–H and O–H groups in total. The third-order valence-corrected chi connectivity index (χ3v) is 4.10. The normalized spacial score (nSPS) is 13.2. The highest BCUT2D eigenvalue weighted by Crippen LogP contribution is 2.26. The van der Waals surface area contributed by atoms with E-state index in [4.69, 9.17) is 9.15 Å². The topological polar surface area (TPSA) is 83.7 Å². The highest BCUT2D eigenvalue weighted by molar-refractivity contribution is 5.74. The first kappa shape index (κ1) is 18.9. The van der Waals surface area contributed by atoms with E-state index in [0.29, 0.717) is 17.9 Å². The summed E-state index contributed by atoms with van der Waals surface area (Å²) in [7, 11) is 1.60. The molecule has 0 radical (unpaired) electrons. The zero-order valence-electron chi connectivity index (χ0n) is 15.4. The van der Waals surface area contributed by atoms with Crippen molar-refractivity contribution >= 4 is 6.03 Å². The molecule has 1 aromatic carbocycles. The molecule has 0 aliphatic carbocycles. The summed E-state index contributed by atoms with van der Waals surface area (Å²) in [6, 6.07) is 7.23. The Morgan fingerprint density at radius 3 is 2.56 bits per heavy atom. The fraction of sp³-hybridized carbons (Fsp3) is 0.421. The van der Waals surface area contributed by atoms with Gasteiger partial charge in [0.2, 0.25) is 0 Å². The van der Waals surface area contributed by atoms with E-state index in [-0.39, 0.29) is 12.6 Å². The number of ether oxygens (including phenoxy) is 1. The van der Waals surface area contributed by atoms with E-state index < -0.39 is 5.60 Å². The Morgan fingerprint density at radius 2 is 1.96 bits per heavy atom. The van der Waals surface area contributed by atoms with Crippen molar-refractivity contribution in [1.82, 2.24) is 10.6 Å². The molecule has 2 amide bonds. The summed E-state index contributed by atoms with van der Waals surface area (Å²) in [5.74, 6) is 2.11. The van der Waals surface area contributed by atoms with Crippen molar-refractivity contribution in [2.45, 2.75) is 39.8 Å². The minimum Gasteiger partial charge on any atom is -0.496 e. The van der Waals surface area contributed by atoms with E-state index in [9.17, 15) is 9.90 Å². The van der Waals surface area contributed by atoms with E-state index in [0.717, 1.165) is 22.6 Å². The Labute approximate surface area is 148 Å². The van der Waals surface area contributed by atoms with Crippen LogP contribution in [0.1, 0.15) is 35.1 Å². The van der Waals surface area contributed by atoms with Gasteiger partial charge in [0.25, 0.3) is 0 Å². The number of benzene rings is 1. The Kier molecular flexibility index (Phi) is 5.74. The summed E-state index contributed by atoms with van der Waals surface area (Å²) in [5.41, 5.74) is 1.44. The average molecular weight is 346 g/mol. The van der Waals surface area contributed by atoms with Crippen LogP contribution in [-0.4, -0.2) is 24.8 Å². The number of hydrogen-bond acceptors (Lipinski definition) is 4. The second-order valence-corrected chi connectivity index (χ2v) is 6.45. The molecule has 0 fully saturated rings. The van der Waals surface area contributed by atoms with E-state index in [1.54, 1.807) is 27.0 Å². The molecule has 0 saturated carbocycles. The van der Waals surface area contributed by atoms with Gasteiger partial charge in [0.15, 0.2) is 0 Å². The van der Waals surface area contributed by atoms with Crippen molar-refractivity contribution in [2.24, 2.45) is 0 Å². The number of urea groups is 1. The lowest BCUT2D eigenvalue weighted by Gasteiger charge is -2.23. The summed E-state index contributed by atoms with van der Waals surface area (Å²) >= 11 is 0. The smallest absolute Gasteiger partial charge is 0.315 e. The maximum absolute atomic E-state index is 12.1. The minimum atomic E-state index is -1.21. The maximum Gasteiger partial charge on any atom is 0.315 e. The second-order valence-electron chi connectivity index (χ2n) is 6.45. The minimum absolute atomic E-state index is 0.0731. The maximum atomic E-state index is 12.1. The highest BCUT2D eigenvalue weighted by Gasteiger charge is 2.28. The first-order valence-corrected chi connectivity index (χ1v) is 8.18. The first-order valence-electron chi connectivity index (χ1n) is 8.18. The van der Waals surface area contributed by atoms with Crippen molar-refractivity contribution in [2.75, 3.05) is 13.7 Å². The molecule has 0 aliphatic heterocycles. The highest BCUT2D eigenvalue weighted by atomic mass is 16.5. The number of carbonyl (C=O) groups excluding carboxylic acids is 1. The summed E-state index contributed by atoms with van der Waals surface area (Å²) in [6.07, 6.45) is 0. The summed E-state index contributed by atoms with van der Waals surface area (Å²) in [5, 5.41) is 16.1. The number of furan rings is 1. The van der Waals surface area contributed by atoms with E-state index >= 15 is 0 Å². The number of nitrogens with one attached hydrogen (secondary N) is 2. The molecule has 2 rings (SSSR count). The van der Waals surface area contributed by atoms with Crippen LogP contribution in [0.25, 0.3) is 0 Å². The largest absolute Gasteiger partial charge is 0.496 e. The molecule has 0 spiro atoms. The van der Waals surface area contributed by atoms with Crippen LogP contribution in [0.15, 0.2) is 28.7 Å². The monoisotopic (exact) mass is 346 g/mol. The molecule has 1 heterocycles. The fourth-order valence-corrected chi connectivity index (χ4v) is 2.75. The number of aliphatic hydroxyl groups is 1. The Balaban J connectivity index is 1.91. The number of aryl methyl sites for hydroxylation is 3. The number of rotatable bonds is 6. The van der Waals surface area contributed by atoms with Crippen LogP contribution in [0.2, 0.25) is 0 Å². The molecule has 6 nitrogen and oxygen atoms in total. The van der Waals surface area contributed by atoms with Crippen molar-refractivity contribution in [3.05, 3.63) is 52.5 Å². The summed E-state index contributed by atoms with van der Waals surface area (Å²) in [4.78, 5) is 12.1. The fourth-order valence-electron chi connectivity index (χ4n) is 2.75. The van der Waals surface area contributed by atoms with Crippen LogP contribution >= 0.6 is 0 Å². The van der Waals surface area contributed by atoms with E-state index in [2.05, 4.69) is 10.6 Å². The predicted molar refractivity (Wildman–Crippen MR) is 95.7 cm³/mol. The number of hydrogen-bond donors (Lipinski definition) is 3. The molecular formula is C19H26N2O4. The average Bonchev–Trinajstić information content (AvgIpc) is 2.91. The van der Waals surface area contributed by atoms with Crippen LogP contribution in [0, 0.1) is 20.8 Å². The predicted octanol–water partition coefficient (Wildman–Crippen LogP) is 2.92. The third kappa shape index (κ3) is 4.76. The molecule has 25 heavy (non-hydrogen) atoms. The lowest BCUT2D eigenvalue weighted by molar-refractivity contribution is 0.0579. The van der Waals surface area contributed by atoms with Gasteiger partial charge in [-0.15, -0.1) is 0 Å². The molecular weight excluding hydrogens is 320 g/mol. The van der Waals surface area contributed by atoms with E-state index in [1.165, 1.54) is 0 Å². The van der Waals surface area contributed by atoms with Crippen molar-refractivity contribution in [3.63, 3.8) is 0 Å². The molecule has 0 saturated heterocycles. The number of amides is 2. The van der Waals surface area contributed by atoms with Gasteiger partial charge in [0.05, 0.1) is 13.7 Å². The van der Waals surface area contributed by atoms with Gasteiger partial charge in [-0.1, -0.05) is 12.1 Å². The molecule has 1 unspecified atom stereocenters. The number of methoxy groups -OCH3 is 1. The third-order valence-electron chi connectivity index (χ3n) is 4.10. The van der Waals surface area contributed by atoms with Crippen LogP contribution in [0.3, 0.4) is 0 Å². The van der Waals surface area contributed by atoms with Gasteiger partial charge < -0.3 is 24.9 Å². The van der Waals surface area contributed by atoms with Gasteiger partial charge in [0, 0.05) is 17.7 Å². The van der Waals surface area contributed by atoms with Gasteiger partial charge >= 0.3 is 6.03 Å². The summed E-state index contributed by atoms with van der Waals surface area (Å²) in [6.45, 7) is 7.65. The zero-order valence-corrected chi connectivity index (χ0v) is 15.4. The van der Waals surface area contributed by atoms with Crippen LogP contribution in [0.4, 0.5) is 4.79 Å². The van der Waals surface area contributed by atoms with Crippen LogP contribution in [0.5, 0.6) is 5.75 Å². The first-order chi connectivity index (χ1) is 11.7. The van der Waals surface area contributed by atoms with Gasteiger partial charge in [-0.05, 0) is 45.4 Å². The van der Waals surface area contributed by atoms with Crippen molar-refractivity contribution in [3.8, 4) is 5.75 Å². The van der Waals surface area contributed by atoms with Crippen LogP contribution < -0.4 is 15.4 Å². The lowest BCUT2D eigenvalue weighted by atomic mass is 9.96. The Morgan fingerprint density at radius 1 is 1.24 bits per heavy atom. The zero-order chi connectivity index (χ0) is 18.6. The molecule has 0 bridgehead atoms. The van der Waals surface area contributed by atoms with Crippen LogP contribution in [-0.2, 0) is 12.1 Å². The molecule has 0 aliphatic rings. The standard InChI is InChI=1S/C19H26N2O4/c1-12-6-7-15(17(8-12)24-5)10-20-18(22)21-11-19(4,23)16-9-13(2)25-14(16)3/h6-9,23H,10-11H2,1-5H3,(H2,20,21,22). The van der Waals surface area contributed by atoms with Gasteiger partial charge in [-0.25, -0.2) is 4.79 Å². The quantitative estimate of drug-likeness (QED) is 0.751. The number of carbonyl (C=O) groups is 1. The molecule has 6 heteroatoms. The van der Waals surface area contributed by atoms with Crippen molar-refractivity contribution in [1.29, 1.82) is 0 Å². The van der Waals surface area contributed by atoms with Gasteiger partial charge in [-0.3, -0.25) is 0 Å². The van der Waals surface area contributed by atoms with Crippen molar-refractivity contribution < 1.29 is 19.1 Å². The molecule has 136 valence electrons. The Hall–Kier alpha value is -2.47. The molecule has 1 atom stereocenters. The molecule has 1 aromatic heterocycles. The lowest BCUT2D eigenvalue weighted by Crippen LogP contribution is -2.43.